The molecule has 14 heavy (non-hydrogen) atoms. The molecule has 0 fully saturated rings. The zero-order valence-electron chi connectivity index (χ0n) is 8.87. The van der Waals surface area contributed by atoms with Crippen LogP contribution in [0.4, 0.5) is 0 Å². The van der Waals surface area contributed by atoms with Crippen molar-refractivity contribution in [3.63, 3.8) is 0 Å². The molecule has 4 heteroatoms. The molecule has 1 unspecified atom stereocenters. The third-order valence-corrected chi connectivity index (χ3v) is 2.50. The fourth-order valence-electron chi connectivity index (χ4n) is 1.53. The van der Waals surface area contributed by atoms with E-state index in [0.29, 0.717) is 12.0 Å². The number of hydrogen-bond donors (Lipinski definition) is 1. The van der Waals surface area contributed by atoms with Gasteiger partial charge in [0.1, 0.15) is 5.68 Å². The molecule has 1 rings (SSSR count). The van der Waals surface area contributed by atoms with Crippen molar-refractivity contribution in [2.24, 2.45) is 4.99 Å². The third kappa shape index (κ3) is 2.12. The number of hydrogen-bond acceptors (Lipinski definition) is 3. The van der Waals surface area contributed by atoms with Crippen LogP contribution in [0.2, 0.25) is 5.31 Å². The van der Waals surface area contributed by atoms with Crippen molar-refractivity contribution in [3.05, 3.63) is 11.3 Å². The Morgan fingerprint density at radius 2 is 2.36 bits per heavy atom. The number of aliphatic imine (C=N–C) groups is 1. The molecular formula is C10H15BNO2. The molecule has 75 valence electrons. The van der Waals surface area contributed by atoms with Crippen LogP contribution in [0.3, 0.4) is 0 Å². The minimum Gasteiger partial charge on any atom is -0.397 e. The average Bonchev–Trinajstić information content (AvgIpc) is 2.14. The van der Waals surface area contributed by atoms with Crippen LogP contribution in [0, 0.1) is 0 Å². The smallest absolute Gasteiger partial charge is 0.218 e. The lowest BCUT2D eigenvalue weighted by atomic mass is 9.45. The van der Waals surface area contributed by atoms with Gasteiger partial charge in [0, 0.05) is 24.1 Å². The summed E-state index contributed by atoms with van der Waals surface area (Å²) in [6.45, 7) is 5.44. The molecule has 0 saturated carbocycles. The maximum Gasteiger partial charge on any atom is 0.218 e. The molecule has 0 aromatic heterocycles. The summed E-state index contributed by atoms with van der Waals surface area (Å²) in [5.74, 6) is 0. The van der Waals surface area contributed by atoms with Gasteiger partial charge in [-0.2, -0.15) is 0 Å². The van der Waals surface area contributed by atoms with Crippen LogP contribution in [0.5, 0.6) is 0 Å². The van der Waals surface area contributed by atoms with Crippen LogP contribution in [-0.4, -0.2) is 30.9 Å². The fraction of sp³-hybridized carbons (Fsp3) is 0.600. The Balaban J connectivity index is 3.02. The van der Waals surface area contributed by atoms with E-state index in [9.17, 15) is 9.90 Å². The van der Waals surface area contributed by atoms with Crippen LogP contribution in [0.15, 0.2) is 16.3 Å². The van der Waals surface area contributed by atoms with Crippen LogP contribution in [-0.2, 0) is 4.79 Å². The van der Waals surface area contributed by atoms with Gasteiger partial charge in [-0.3, -0.25) is 4.99 Å². The van der Waals surface area contributed by atoms with Crippen molar-refractivity contribution >= 4 is 19.2 Å². The molecule has 1 aliphatic rings. The van der Waals surface area contributed by atoms with Crippen LogP contribution >= 0.6 is 0 Å². The Kier molecular flexibility index (Phi) is 3.27. The van der Waals surface area contributed by atoms with Gasteiger partial charge in [-0.05, 0) is 25.6 Å². The number of carbonyl (C=O) groups excluding carboxylic acids is 1. The first kappa shape index (κ1) is 11.2. The molecule has 0 aromatic carbocycles. The third-order valence-electron chi connectivity index (χ3n) is 2.50. The second-order valence-corrected chi connectivity index (χ2v) is 3.96. The Labute approximate surface area is 85.2 Å². The van der Waals surface area contributed by atoms with Crippen molar-refractivity contribution in [3.8, 4) is 0 Å². The van der Waals surface area contributed by atoms with Crippen molar-refractivity contribution in [2.75, 3.05) is 6.61 Å². The van der Waals surface area contributed by atoms with Crippen molar-refractivity contribution < 1.29 is 9.90 Å². The molecule has 1 atom stereocenters. The van der Waals surface area contributed by atoms with E-state index in [1.54, 1.807) is 20.4 Å². The van der Waals surface area contributed by atoms with Crippen molar-refractivity contribution in [1.82, 2.24) is 0 Å². The first-order chi connectivity index (χ1) is 6.52. The maximum atomic E-state index is 11.6. The van der Waals surface area contributed by atoms with E-state index >= 15 is 0 Å². The summed E-state index contributed by atoms with van der Waals surface area (Å²) in [5, 5.41) is 8.74. The second-order valence-electron chi connectivity index (χ2n) is 3.96. The van der Waals surface area contributed by atoms with Gasteiger partial charge in [-0.25, -0.2) is 0 Å². The highest BCUT2D eigenvalue weighted by Crippen LogP contribution is 2.37. The average molecular weight is 192 g/mol. The Hall–Kier alpha value is -0.895. The van der Waals surface area contributed by atoms with Gasteiger partial charge in [-0.15, -0.1) is 0 Å². The lowest BCUT2D eigenvalue weighted by Crippen LogP contribution is -2.33. The summed E-state index contributed by atoms with van der Waals surface area (Å²) in [5.41, 5.74) is 1.46. The molecule has 1 heterocycles. The number of carbonyl (C=O) groups is 1. The van der Waals surface area contributed by atoms with Crippen molar-refractivity contribution in [2.45, 2.75) is 32.5 Å². The Morgan fingerprint density at radius 3 is 2.86 bits per heavy atom. The predicted octanol–water partition coefficient (Wildman–Crippen LogP) is 1.16. The summed E-state index contributed by atoms with van der Waals surface area (Å²) in [6.07, 6.45) is 2.31. The number of aliphatic hydroxyl groups is 1. The van der Waals surface area contributed by atoms with Crippen LogP contribution in [0.1, 0.15) is 27.2 Å². The number of aliphatic hydroxyl groups excluding tert-OH is 1. The summed E-state index contributed by atoms with van der Waals surface area (Å²) >= 11 is 0. The largest absolute Gasteiger partial charge is 0.397 e. The van der Waals surface area contributed by atoms with E-state index in [1.807, 2.05) is 13.8 Å². The lowest BCUT2D eigenvalue weighted by Gasteiger charge is -2.30. The van der Waals surface area contributed by atoms with Gasteiger partial charge in [0.2, 0.25) is 7.28 Å². The Morgan fingerprint density at radius 1 is 1.71 bits per heavy atom. The molecule has 1 N–H and O–H groups in total. The quantitative estimate of drug-likeness (QED) is 0.527. The molecule has 3 nitrogen and oxygen atoms in total. The van der Waals surface area contributed by atoms with E-state index in [-0.39, 0.29) is 12.3 Å². The second kappa shape index (κ2) is 4.09. The van der Waals surface area contributed by atoms with E-state index in [4.69, 9.17) is 0 Å². The highest BCUT2D eigenvalue weighted by Gasteiger charge is 2.35. The van der Waals surface area contributed by atoms with Gasteiger partial charge in [0.25, 0.3) is 0 Å². The maximum absolute atomic E-state index is 11.6. The SMILES string of the molecule is CC=NC1=C(C)C(=O)[B]C(C)(CO)C1. The highest BCUT2D eigenvalue weighted by molar-refractivity contribution is 6.80. The molecule has 1 radical (unpaired) electrons. The van der Waals surface area contributed by atoms with Crippen molar-refractivity contribution in [1.29, 1.82) is 0 Å². The zero-order valence-corrected chi connectivity index (χ0v) is 8.87. The lowest BCUT2D eigenvalue weighted by molar-refractivity contribution is -0.109. The first-order valence-electron chi connectivity index (χ1n) is 4.72. The van der Waals surface area contributed by atoms with E-state index in [1.165, 1.54) is 0 Å². The van der Waals surface area contributed by atoms with Gasteiger partial charge in [-0.1, -0.05) is 6.92 Å². The van der Waals surface area contributed by atoms with E-state index in [0.717, 1.165) is 5.70 Å². The zero-order chi connectivity index (χ0) is 10.8. The number of allylic oxidation sites excluding steroid dienone is 2. The Bertz CT molecular complexity index is 309. The molecule has 0 aliphatic carbocycles. The van der Waals surface area contributed by atoms with E-state index in [2.05, 4.69) is 4.99 Å². The van der Waals surface area contributed by atoms with E-state index < -0.39 is 5.31 Å². The normalized spacial score (nSPS) is 28.4. The summed E-state index contributed by atoms with van der Waals surface area (Å²) < 4.78 is 0. The van der Waals surface area contributed by atoms with Gasteiger partial charge in [0.15, 0.2) is 0 Å². The van der Waals surface area contributed by atoms with Gasteiger partial charge < -0.3 is 9.90 Å². The minimum absolute atomic E-state index is 0.0191. The standard InChI is InChI=1S/C10H15BNO2/c1-4-12-8-5-10(3,6-13)11-9(14)7(8)2/h4,13H,5-6H2,1-3H3. The van der Waals surface area contributed by atoms with Gasteiger partial charge >= 0.3 is 0 Å². The first-order valence-corrected chi connectivity index (χ1v) is 4.72. The monoisotopic (exact) mass is 192 g/mol. The predicted molar refractivity (Wildman–Crippen MR) is 57.7 cm³/mol. The molecule has 0 spiro atoms. The molecule has 1 aliphatic heterocycles. The van der Waals surface area contributed by atoms with Gasteiger partial charge in [0.05, 0.1) is 0 Å². The molecular weight excluding hydrogens is 177 g/mol. The molecule has 0 saturated heterocycles. The topological polar surface area (TPSA) is 49.7 Å². The summed E-state index contributed by atoms with van der Waals surface area (Å²) in [4.78, 5) is 15.7. The highest BCUT2D eigenvalue weighted by atomic mass is 16.3. The molecule has 0 aromatic rings. The number of nitrogens with zero attached hydrogens (tertiary/aromatic N) is 1. The minimum atomic E-state index is -0.446. The molecule has 0 amide bonds. The fourth-order valence-corrected chi connectivity index (χ4v) is 1.53. The summed E-state index contributed by atoms with van der Waals surface area (Å²) in [6, 6.07) is 0. The van der Waals surface area contributed by atoms with Crippen LogP contribution < -0.4 is 0 Å². The van der Waals surface area contributed by atoms with Crippen LogP contribution in [0.25, 0.3) is 0 Å². The number of rotatable bonds is 2. The summed E-state index contributed by atoms with van der Waals surface area (Å²) in [7, 11) is 1.59. The molecule has 0 bridgehead atoms.